The molecule has 0 aromatic rings. The molecular weight excluding hydrogens is 174 g/mol. The number of nitrogens with one attached hydrogen (secondary N) is 1. The average Bonchev–Trinajstić information content (AvgIpc) is 2.14. The highest BCUT2D eigenvalue weighted by Gasteiger charge is 2.26. The first kappa shape index (κ1) is 11.9. The van der Waals surface area contributed by atoms with Crippen molar-refractivity contribution in [1.29, 1.82) is 0 Å². The summed E-state index contributed by atoms with van der Waals surface area (Å²) in [6.07, 6.45) is 0. The highest BCUT2D eigenvalue weighted by atomic mass is 16.6. The molecule has 0 aromatic carbocycles. The molecule has 5 nitrogen and oxygen atoms in total. The third-order valence-corrected chi connectivity index (χ3v) is 1.94. The minimum absolute atomic E-state index is 0.333. The zero-order chi connectivity index (χ0) is 10.4. The van der Waals surface area contributed by atoms with Gasteiger partial charge in [-0.3, -0.25) is 14.4 Å². The summed E-state index contributed by atoms with van der Waals surface area (Å²) in [7, 11) is 2.63. The minimum Gasteiger partial charge on any atom is -0.469 e. The van der Waals surface area contributed by atoms with E-state index in [1.807, 2.05) is 0 Å². The number of rotatable bonds is 4. The minimum atomic E-state index is -0.472. The molecular formula is C8H15NO4. The lowest BCUT2D eigenvalue weighted by Crippen LogP contribution is -2.35. The van der Waals surface area contributed by atoms with E-state index < -0.39 is 17.8 Å². The van der Waals surface area contributed by atoms with Crippen LogP contribution in [0.1, 0.15) is 13.8 Å². The van der Waals surface area contributed by atoms with Gasteiger partial charge in [-0.1, -0.05) is 13.8 Å². The second kappa shape index (κ2) is 5.53. The van der Waals surface area contributed by atoms with Gasteiger partial charge in [0.1, 0.15) is 0 Å². The van der Waals surface area contributed by atoms with Crippen molar-refractivity contribution < 1.29 is 19.2 Å². The number of amides is 1. The third kappa shape index (κ3) is 3.42. The molecule has 2 atom stereocenters. The van der Waals surface area contributed by atoms with Crippen molar-refractivity contribution in [2.45, 2.75) is 13.8 Å². The van der Waals surface area contributed by atoms with Gasteiger partial charge in [0.05, 0.1) is 26.1 Å². The van der Waals surface area contributed by atoms with Crippen LogP contribution in [0.4, 0.5) is 0 Å². The van der Waals surface area contributed by atoms with Crippen LogP contribution < -0.4 is 5.48 Å². The molecule has 0 radical (unpaired) electrons. The number of ether oxygens (including phenoxy) is 1. The molecule has 0 saturated carbocycles. The van der Waals surface area contributed by atoms with Gasteiger partial charge in [-0.25, -0.2) is 5.48 Å². The second-order valence-electron chi connectivity index (χ2n) is 2.77. The van der Waals surface area contributed by atoms with Crippen molar-refractivity contribution in [3.05, 3.63) is 0 Å². The van der Waals surface area contributed by atoms with Gasteiger partial charge in [-0.15, -0.1) is 0 Å². The predicted molar refractivity (Wildman–Crippen MR) is 45.5 cm³/mol. The van der Waals surface area contributed by atoms with E-state index in [-0.39, 0.29) is 5.91 Å². The molecule has 5 heteroatoms. The van der Waals surface area contributed by atoms with E-state index in [0.29, 0.717) is 0 Å². The summed E-state index contributed by atoms with van der Waals surface area (Å²) in [5, 5.41) is 0. The van der Waals surface area contributed by atoms with Gasteiger partial charge in [0.25, 0.3) is 0 Å². The highest BCUT2D eigenvalue weighted by molar-refractivity contribution is 5.84. The number of esters is 1. The summed E-state index contributed by atoms with van der Waals surface area (Å²) in [5.74, 6) is -1.67. The number of hydrogen-bond donors (Lipinski definition) is 1. The monoisotopic (exact) mass is 189 g/mol. The lowest BCUT2D eigenvalue weighted by atomic mass is 9.96. The van der Waals surface area contributed by atoms with Crippen LogP contribution in [0.2, 0.25) is 0 Å². The SMILES string of the molecule is CONC(=O)C(C)C(C)C(=O)OC. The summed E-state index contributed by atoms with van der Waals surface area (Å²) in [4.78, 5) is 26.6. The fourth-order valence-electron chi connectivity index (χ4n) is 0.811. The van der Waals surface area contributed by atoms with Crippen LogP contribution in [0.5, 0.6) is 0 Å². The maximum absolute atomic E-state index is 11.2. The van der Waals surface area contributed by atoms with Gasteiger partial charge in [0, 0.05) is 0 Å². The molecule has 13 heavy (non-hydrogen) atoms. The Labute approximate surface area is 77.3 Å². The van der Waals surface area contributed by atoms with Crippen molar-refractivity contribution in [2.24, 2.45) is 11.8 Å². The Bertz CT molecular complexity index is 193. The summed E-state index contributed by atoms with van der Waals surface area (Å²) >= 11 is 0. The van der Waals surface area contributed by atoms with Crippen molar-refractivity contribution in [2.75, 3.05) is 14.2 Å². The van der Waals surface area contributed by atoms with Gasteiger partial charge in [0.15, 0.2) is 0 Å². The third-order valence-electron chi connectivity index (χ3n) is 1.94. The topological polar surface area (TPSA) is 64.6 Å². The standard InChI is InChI=1S/C8H15NO4/c1-5(7(10)9-13-4)6(2)8(11)12-3/h5-6H,1-4H3,(H,9,10). The summed E-state index contributed by atoms with van der Waals surface area (Å²) in [6, 6.07) is 0. The van der Waals surface area contributed by atoms with Gasteiger partial charge < -0.3 is 4.74 Å². The van der Waals surface area contributed by atoms with Crippen molar-refractivity contribution in [1.82, 2.24) is 5.48 Å². The molecule has 2 unspecified atom stereocenters. The number of hydroxylamine groups is 1. The van der Waals surface area contributed by atoms with Crippen LogP contribution in [0, 0.1) is 11.8 Å². The number of carbonyl (C=O) groups is 2. The molecule has 0 bridgehead atoms. The normalized spacial score (nSPS) is 14.5. The molecule has 0 aliphatic heterocycles. The number of carbonyl (C=O) groups excluding carboxylic acids is 2. The molecule has 76 valence electrons. The van der Waals surface area contributed by atoms with Crippen molar-refractivity contribution in [3.8, 4) is 0 Å². The van der Waals surface area contributed by atoms with E-state index in [4.69, 9.17) is 0 Å². The lowest BCUT2D eigenvalue weighted by Gasteiger charge is -2.15. The molecule has 0 spiro atoms. The molecule has 0 saturated heterocycles. The van der Waals surface area contributed by atoms with E-state index in [1.165, 1.54) is 14.2 Å². The lowest BCUT2D eigenvalue weighted by molar-refractivity contribution is -0.151. The first-order chi connectivity index (χ1) is 6.04. The molecule has 1 amide bonds. The van der Waals surface area contributed by atoms with E-state index in [9.17, 15) is 9.59 Å². The maximum Gasteiger partial charge on any atom is 0.309 e. The van der Waals surface area contributed by atoms with Crippen LogP contribution >= 0.6 is 0 Å². The van der Waals surface area contributed by atoms with Crippen LogP contribution in [0.15, 0.2) is 0 Å². The predicted octanol–water partition coefficient (Wildman–Crippen LogP) is 0.109. The Morgan fingerprint density at radius 2 is 1.69 bits per heavy atom. The molecule has 0 fully saturated rings. The van der Waals surface area contributed by atoms with E-state index >= 15 is 0 Å². The highest BCUT2D eigenvalue weighted by Crippen LogP contribution is 2.12. The zero-order valence-electron chi connectivity index (χ0n) is 8.29. The zero-order valence-corrected chi connectivity index (χ0v) is 8.29. The number of hydrogen-bond acceptors (Lipinski definition) is 4. The molecule has 0 aliphatic carbocycles. The summed E-state index contributed by atoms with van der Waals surface area (Å²) in [5.41, 5.74) is 2.16. The van der Waals surface area contributed by atoms with Crippen molar-refractivity contribution >= 4 is 11.9 Å². The Kier molecular flexibility index (Phi) is 5.06. The number of methoxy groups -OCH3 is 1. The quantitative estimate of drug-likeness (QED) is 0.503. The first-order valence-corrected chi connectivity index (χ1v) is 3.95. The Balaban J connectivity index is 4.16. The van der Waals surface area contributed by atoms with Crippen LogP contribution in [0.25, 0.3) is 0 Å². The fraction of sp³-hybridized carbons (Fsp3) is 0.750. The van der Waals surface area contributed by atoms with Crippen molar-refractivity contribution in [3.63, 3.8) is 0 Å². The largest absolute Gasteiger partial charge is 0.469 e. The Hall–Kier alpha value is -1.10. The van der Waals surface area contributed by atoms with E-state index in [1.54, 1.807) is 13.8 Å². The second-order valence-corrected chi connectivity index (χ2v) is 2.77. The van der Waals surface area contributed by atoms with Gasteiger partial charge in [-0.2, -0.15) is 0 Å². The first-order valence-electron chi connectivity index (χ1n) is 3.95. The smallest absolute Gasteiger partial charge is 0.309 e. The molecule has 0 aliphatic rings. The fourth-order valence-corrected chi connectivity index (χ4v) is 0.811. The molecule has 0 aromatic heterocycles. The molecule has 0 heterocycles. The summed E-state index contributed by atoms with van der Waals surface area (Å²) < 4.78 is 4.50. The van der Waals surface area contributed by atoms with Crippen LogP contribution in [0.3, 0.4) is 0 Å². The van der Waals surface area contributed by atoms with Gasteiger partial charge >= 0.3 is 5.97 Å². The van der Waals surface area contributed by atoms with Gasteiger partial charge in [0.2, 0.25) is 5.91 Å². The van der Waals surface area contributed by atoms with Crippen LogP contribution in [-0.2, 0) is 19.2 Å². The Morgan fingerprint density at radius 1 is 1.15 bits per heavy atom. The van der Waals surface area contributed by atoms with E-state index in [0.717, 1.165) is 0 Å². The maximum atomic E-state index is 11.2. The average molecular weight is 189 g/mol. The summed E-state index contributed by atoms with van der Waals surface area (Å²) in [6.45, 7) is 3.27. The Morgan fingerprint density at radius 3 is 2.08 bits per heavy atom. The molecule has 1 N–H and O–H groups in total. The van der Waals surface area contributed by atoms with Crippen LogP contribution in [-0.4, -0.2) is 26.1 Å². The van der Waals surface area contributed by atoms with Gasteiger partial charge in [-0.05, 0) is 0 Å². The molecule has 0 rings (SSSR count). The van der Waals surface area contributed by atoms with E-state index in [2.05, 4.69) is 15.1 Å².